The van der Waals surface area contributed by atoms with Crippen molar-refractivity contribution in [2.75, 3.05) is 13.7 Å². The number of hydrogen-bond acceptors (Lipinski definition) is 9. The monoisotopic (exact) mass is 655 g/mol. The molecular weight excluding hydrogens is 598 g/mol. The zero-order valence-corrected chi connectivity index (χ0v) is 29.7. The Balaban J connectivity index is 1.81. The van der Waals surface area contributed by atoms with Gasteiger partial charge in [0, 0.05) is 31.1 Å². The van der Waals surface area contributed by atoms with E-state index < -0.39 is 48.0 Å². The van der Waals surface area contributed by atoms with Crippen LogP contribution in [0.15, 0.2) is 63.9 Å². The van der Waals surface area contributed by atoms with Gasteiger partial charge < -0.3 is 34.4 Å². The molecule has 9 nitrogen and oxygen atoms in total. The fraction of sp³-hybridized carbons (Fsp3) is 0.684. The Labute approximate surface area is 281 Å². The highest BCUT2D eigenvalue weighted by Gasteiger charge is 2.55. The van der Waals surface area contributed by atoms with Crippen LogP contribution < -0.4 is 0 Å². The molecule has 2 fully saturated rings. The number of rotatable bonds is 4. The van der Waals surface area contributed by atoms with Crippen LogP contribution >= 0.6 is 0 Å². The first-order valence-electron chi connectivity index (χ1n) is 17.2. The van der Waals surface area contributed by atoms with E-state index in [-0.39, 0.29) is 36.0 Å². The van der Waals surface area contributed by atoms with Gasteiger partial charge >= 0.3 is 5.97 Å². The summed E-state index contributed by atoms with van der Waals surface area (Å²) < 4.78 is 20.1. The molecule has 0 aromatic heterocycles. The van der Waals surface area contributed by atoms with Crippen LogP contribution in [0.1, 0.15) is 87.5 Å². The molecule has 4 aliphatic rings. The van der Waals surface area contributed by atoms with Crippen molar-refractivity contribution in [3.8, 4) is 0 Å². The van der Waals surface area contributed by atoms with Gasteiger partial charge in [-0.05, 0) is 62.2 Å². The maximum absolute atomic E-state index is 14.2. The zero-order chi connectivity index (χ0) is 34.7. The SMILES string of the molecule is CO/N=C1\C[C@]2(C[C@@H]3C[C@@H](C/C=C(\C)C[C@@H](C)/C=C/C=C(\CO)[C@]4(O)[C@H](C)[C@H](O)C(C)=C[C@H]4C(=O)O3)O2)O[C@H](/C(C)=C/C(C)C)[C@H]1C. The van der Waals surface area contributed by atoms with Gasteiger partial charge in [0.15, 0.2) is 5.79 Å². The second-order valence-electron chi connectivity index (χ2n) is 14.7. The molecule has 3 N–H and O–H groups in total. The average Bonchev–Trinajstić information content (AvgIpc) is 3.00. The van der Waals surface area contributed by atoms with Gasteiger partial charge in [0.25, 0.3) is 0 Å². The van der Waals surface area contributed by atoms with Crippen LogP contribution in [0, 0.1) is 29.6 Å². The van der Waals surface area contributed by atoms with E-state index in [0.29, 0.717) is 30.8 Å². The number of fused-ring (bicyclic) bond motifs is 3. The summed E-state index contributed by atoms with van der Waals surface area (Å²) in [5.74, 6) is -3.21. The van der Waals surface area contributed by atoms with Gasteiger partial charge in [0.1, 0.15) is 24.7 Å². The van der Waals surface area contributed by atoms with Crippen LogP contribution in [-0.4, -0.2) is 76.5 Å². The summed E-state index contributed by atoms with van der Waals surface area (Å²) in [5.41, 5.74) is 2.05. The van der Waals surface area contributed by atoms with E-state index in [0.717, 1.165) is 17.7 Å². The molecular formula is C38H57NO8. The van der Waals surface area contributed by atoms with Crippen molar-refractivity contribution in [1.29, 1.82) is 0 Å². The Morgan fingerprint density at radius 1 is 1.19 bits per heavy atom. The summed E-state index contributed by atoms with van der Waals surface area (Å²) in [5, 5.41) is 38.2. The van der Waals surface area contributed by atoms with Gasteiger partial charge in [-0.25, -0.2) is 0 Å². The zero-order valence-electron chi connectivity index (χ0n) is 29.7. The first kappa shape index (κ1) is 37.3. The average molecular weight is 656 g/mol. The lowest BCUT2D eigenvalue weighted by Crippen LogP contribution is -2.58. The number of carbonyl (C=O) groups excluding carboxylic acids is 1. The van der Waals surface area contributed by atoms with Gasteiger partial charge in [-0.3, -0.25) is 4.79 Å². The number of esters is 1. The molecule has 2 saturated heterocycles. The highest BCUT2D eigenvalue weighted by Crippen LogP contribution is 2.46. The van der Waals surface area contributed by atoms with Crippen LogP contribution in [-0.2, 0) is 23.8 Å². The molecule has 10 atom stereocenters. The summed E-state index contributed by atoms with van der Waals surface area (Å²) in [6, 6.07) is 0. The largest absolute Gasteiger partial charge is 0.462 e. The first-order chi connectivity index (χ1) is 22.1. The fourth-order valence-corrected chi connectivity index (χ4v) is 7.92. The molecule has 0 aromatic rings. The smallest absolute Gasteiger partial charge is 0.316 e. The standard InChI is InChI=1S/C38H57NO8/c1-22(2)15-26(6)35-27(7)33(39-44-9)20-37(47-35)19-31-18-30(46-37)14-13-24(4)16-23(3)11-10-12-29(21-40)38(43)28(8)34(41)25(5)17-32(38)36(42)45-31/h10-13,15,17,22-23,27-28,30-32,34-35,40-41,43H,14,16,18-21H2,1-9H3/b11-10+,24-13+,26-15+,29-12+,39-33+/t23-,27-,28+,30+,31-,32-,34+,35+,37-,38+/m0/s1. The molecule has 1 aliphatic carbocycles. The Kier molecular flexibility index (Phi) is 12.2. The highest BCUT2D eigenvalue weighted by molar-refractivity contribution is 5.88. The van der Waals surface area contributed by atoms with E-state index in [1.807, 2.05) is 12.2 Å². The molecule has 1 spiro atoms. The van der Waals surface area contributed by atoms with Crippen molar-refractivity contribution in [3.05, 3.63) is 58.7 Å². The van der Waals surface area contributed by atoms with Crippen molar-refractivity contribution in [2.45, 2.75) is 123 Å². The number of oxime groups is 1. The lowest BCUT2D eigenvalue weighted by atomic mass is 9.65. The minimum atomic E-state index is -1.87. The molecule has 47 heavy (non-hydrogen) atoms. The Morgan fingerprint density at radius 2 is 1.91 bits per heavy atom. The van der Waals surface area contributed by atoms with Crippen LogP contribution in [0.4, 0.5) is 0 Å². The molecule has 0 aromatic carbocycles. The Hall–Kier alpha value is -2.56. The molecule has 3 heterocycles. The third-order valence-electron chi connectivity index (χ3n) is 10.3. The topological polar surface area (TPSA) is 127 Å². The third-order valence-corrected chi connectivity index (χ3v) is 10.3. The van der Waals surface area contributed by atoms with Crippen LogP contribution in [0.3, 0.4) is 0 Å². The van der Waals surface area contributed by atoms with E-state index in [1.54, 1.807) is 26.0 Å². The molecule has 0 radical (unpaired) electrons. The minimum absolute atomic E-state index is 0.0512. The van der Waals surface area contributed by atoms with Crippen LogP contribution in [0.5, 0.6) is 0 Å². The fourth-order valence-electron chi connectivity index (χ4n) is 7.92. The van der Waals surface area contributed by atoms with Crippen molar-refractivity contribution >= 4 is 11.7 Å². The highest BCUT2D eigenvalue weighted by atomic mass is 16.7. The number of allylic oxidation sites excluding steroid dienone is 5. The van der Waals surface area contributed by atoms with E-state index in [4.69, 9.17) is 19.0 Å². The Bertz CT molecular complexity index is 1330. The summed E-state index contributed by atoms with van der Waals surface area (Å²) in [7, 11) is 1.54. The quantitative estimate of drug-likeness (QED) is 0.193. The number of hydrogen-bond donors (Lipinski definition) is 3. The number of ether oxygens (including phenoxy) is 3. The van der Waals surface area contributed by atoms with Gasteiger partial charge in [-0.1, -0.05) is 81.8 Å². The maximum atomic E-state index is 14.2. The van der Waals surface area contributed by atoms with Crippen LogP contribution in [0.25, 0.3) is 0 Å². The summed E-state index contributed by atoms with van der Waals surface area (Å²) >= 11 is 0. The number of aliphatic hydroxyl groups excluding tert-OH is 2. The molecule has 0 unspecified atom stereocenters. The molecule has 0 saturated carbocycles. The van der Waals surface area contributed by atoms with Gasteiger partial charge in [-0.2, -0.15) is 0 Å². The summed E-state index contributed by atoms with van der Waals surface area (Å²) in [6.45, 7) is 15.6. The predicted molar refractivity (Wildman–Crippen MR) is 182 cm³/mol. The number of aliphatic hydroxyl groups is 3. The maximum Gasteiger partial charge on any atom is 0.316 e. The van der Waals surface area contributed by atoms with Gasteiger partial charge in [-0.15, -0.1) is 0 Å². The lowest BCUT2D eigenvalue weighted by Gasteiger charge is -2.50. The van der Waals surface area contributed by atoms with E-state index in [2.05, 4.69) is 58.9 Å². The van der Waals surface area contributed by atoms with Crippen molar-refractivity contribution in [1.82, 2.24) is 0 Å². The minimum Gasteiger partial charge on any atom is -0.462 e. The lowest BCUT2D eigenvalue weighted by molar-refractivity contribution is -0.313. The van der Waals surface area contributed by atoms with Gasteiger partial charge in [0.2, 0.25) is 0 Å². The number of carbonyl (C=O) groups is 1. The summed E-state index contributed by atoms with van der Waals surface area (Å²) in [4.78, 5) is 19.5. The number of nitrogens with zero attached hydrogens (tertiary/aromatic N) is 1. The van der Waals surface area contributed by atoms with Crippen molar-refractivity contribution in [3.63, 3.8) is 0 Å². The molecule has 0 amide bonds. The molecule has 262 valence electrons. The van der Waals surface area contributed by atoms with E-state index >= 15 is 0 Å². The first-order valence-corrected chi connectivity index (χ1v) is 17.2. The Morgan fingerprint density at radius 3 is 2.57 bits per heavy atom. The van der Waals surface area contributed by atoms with Gasteiger partial charge in [0.05, 0.1) is 30.6 Å². The van der Waals surface area contributed by atoms with E-state index in [9.17, 15) is 20.1 Å². The summed E-state index contributed by atoms with van der Waals surface area (Å²) in [6.07, 6.45) is 11.8. The second kappa shape index (κ2) is 15.3. The third kappa shape index (κ3) is 8.19. The predicted octanol–water partition coefficient (Wildman–Crippen LogP) is 5.96. The molecule has 3 aliphatic heterocycles. The van der Waals surface area contributed by atoms with E-state index in [1.165, 1.54) is 12.7 Å². The molecule has 9 heteroatoms. The normalized spacial score (nSPS) is 42.9. The molecule has 2 bridgehead atoms. The second-order valence-corrected chi connectivity index (χ2v) is 14.7. The van der Waals surface area contributed by atoms with Crippen LogP contribution in [0.2, 0.25) is 0 Å². The van der Waals surface area contributed by atoms with Crippen molar-refractivity contribution < 1.29 is 39.2 Å². The van der Waals surface area contributed by atoms with Crippen molar-refractivity contribution in [2.24, 2.45) is 34.7 Å². The molecule has 4 rings (SSSR count).